The molecule has 0 atom stereocenters. The van der Waals surface area contributed by atoms with E-state index in [1.807, 2.05) is 0 Å². The number of aliphatic hydroxyl groups is 2. The van der Waals surface area contributed by atoms with Crippen molar-refractivity contribution < 1.29 is 41.4 Å². The van der Waals surface area contributed by atoms with Crippen LogP contribution in [0.1, 0.15) is 6.42 Å². The summed E-state index contributed by atoms with van der Waals surface area (Å²) in [5.74, 6) is -1.44. The Balaban J connectivity index is 4.92. The number of carbonyl (C=O) groups excluding carboxylic acids is 1. The highest BCUT2D eigenvalue weighted by Crippen LogP contribution is 2.45. The number of aliphatic hydroxyl groups excluding tert-OH is 1. The topological polar surface area (TPSA) is 60.8 Å². The maximum Gasteiger partial charge on any atom is 0.426 e. The average molecular weight is 297 g/mol. The van der Waals surface area contributed by atoms with Crippen LogP contribution < -0.4 is 0 Å². The van der Waals surface area contributed by atoms with E-state index >= 15 is 0 Å². The van der Waals surface area contributed by atoms with Crippen LogP contribution in [-0.4, -0.2) is 65.6 Å². The van der Waals surface area contributed by atoms with Crippen molar-refractivity contribution in [2.45, 2.75) is 24.4 Å². The average Bonchev–Trinajstić information content (AvgIpc) is 2.13. The third kappa shape index (κ3) is 4.62. The van der Waals surface area contributed by atoms with Crippen molar-refractivity contribution in [2.75, 3.05) is 26.7 Å². The van der Waals surface area contributed by atoms with Crippen LogP contribution in [0.4, 0.5) is 26.3 Å². The number of rotatable bonds is 6. The van der Waals surface area contributed by atoms with Crippen molar-refractivity contribution in [2.24, 2.45) is 0 Å². The van der Waals surface area contributed by atoms with Gasteiger partial charge in [-0.05, 0) is 7.05 Å². The minimum atomic E-state index is -6.00. The third-order valence-corrected chi connectivity index (χ3v) is 2.32. The molecule has 0 aliphatic rings. The highest BCUT2D eigenvalue weighted by molar-refractivity contribution is 5.81. The van der Waals surface area contributed by atoms with E-state index < -0.39 is 43.3 Å². The Kier molecular flexibility index (Phi) is 5.78. The van der Waals surface area contributed by atoms with Gasteiger partial charge in [-0.3, -0.25) is 9.69 Å². The summed E-state index contributed by atoms with van der Waals surface area (Å²) in [5.41, 5.74) is -5.06. The van der Waals surface area contributed by atoms with Crippen LogP contribution in [0.25, 0.3) is 0 Å². The molecule has 114 valence electrons. The van der Waals surface area contributed by atoms with Crippen LogP contribution in [0.3, 0.4) is 0 Å². The summed E-state index contributed by atoms with van der Waals surface area (Å²) in [5, 5.41) is 17.2. The summed E-state index contributed by atoms with van der Waals surface area (Å²) in [6, 6.07) is 0. The van der Waals surface area contributed by atoms with E-state index in [1.54, 1.807) is 0 Å². The lowest BCUT2D eigenvalue weighted by atomic mass is 9.95. The number of alkyl halides is 6. The summed E-state index contributed by atoms with van der Waals surface area (Å²) in [6.45, 7) is -1.25. The molecule has 0 aliphatic carbocycles. The van der Waals surface area contributed by atoms with Crippen molar-refractivity contribution in [1.29, 1.82) is 0 Å². The minimum Gasteiger partial charge on any atom is -0.395 e. The van der Waals surface area contributed by atoms with Crippen molar-refractivity contribution in [3.63, 3.8) is 0 Å². The van der Waals surface area contributed by atoms with Crippen molar-refractivity contribution in [1.82, 2.24) is 4.90 Å². The van der Waals surface area contributed by atoms with Gasteiger partial charge in [0.2, 0.25) is 0 Å². The molecule has 4 nitrogen and oxygen atoms in total. The standard InChI is InChI=1S/C9H13F6NO3/c1-16(2-3-17)5-6(18)4-7(19,8(10,11)12)9(13,14)15/h17,19H,2-5H2,1H3. The zero-order chi connectivity index (χ0) is 15.5. The van der Waals surface area contributed by atoms with E-state index in [-0.39, 0.29) is 6.54 Å². The fourth-order valence-electron chi connectivity index (χ4n) is 1.25. The minimum absolute atomic E-state index is 0.0950. The van der Waals surface area contributed by atoms with Crippen LogP contribution in [0, 0.1) is 0 Å². The number of likely N-dealkylation sites (N-methyl/N-ethyl adjacent to an activating group) is 1. The molecule has 0 radical (unpaired) electrons. The van der Waals surface area contributed by atoms with Crippen molar-refractivity contribution in [3.8, 4) is 0 Å². The van der Waals surface area contributed by atoms with Crippen molar-refractivity contribution >= 4 is 5.78 Å². The van der Waals surface area contributed by atoms with E-state index in [9.17, 15) is 31.1 Å². The number of nitrogens with zero attached hydrogens (tertiary/aromatic N) is 1. The Labute approximate surface area is 104 Å². The van der Waals surface area contributed by atoms with E-state index in [4.69, 9.17) is 10.2 Å². The number of Topliss-reactive ketones (excluding diaryl/α,β-unsaturated/α-hetero) is 1. The summed E-state index contributed by atoms with van der Waals surface area (Å²) in [4.78, 5) is 12.2. The lowest BCUT2D eigenvalue weighted by molar-refractivity contribution is -0.367. The fourth-order valence-corrected chi connectivity index (χ4v) is 1.25. The Hall–Kier alpha value is -0.870. The molecule has 0 aliphatic heterocycles. The molecule has 0 saturated heterocycles. The molecular formula is C9H13F6NO3. The third-order valence-electron chi connectivity index (χ3n) is 2.32. The summed E-state index contributed by atoms with van der Waals surface area (Å²) in [6.07, 6.45) is -14.1. The molecule has 0 fully saturated rings. The van der Waals surface area contributed by atoms with Gasteiger partial charge in [0.1, 0.15) is 5.78 Å². The van der Waals surface area contributed by atoms with E-state index in [0.717, 1.165) is 4.90 Å². The van der Waals surface area contributed by atoms with Gasteiger partial charge in [-0.25, -0.2) is 0 Å². The Bertz CT molecular complexity index is 300. The molecule has 0 aromatic carbocycles. The second-order valence-electron chi connectivity index (χ2n) is 4.03. The first kappa shape index (κ1) is 18.1. The molecule has 0 heterocycles. The van der Waals surface area contributed by atoms with Gasteiger partial charge in [-0.1, -0.05) is 0 Å². The maximum atomic E-state index is 12.3. The zero-order valence-corrected chi connectivity index (χ0v) is 9.85. The van der Waals surface area contributed by atoms with Gasteiger partial charge in [-0.2, -0.15) is 26.3 Å². The molecule has 2 N–H and O–H groups in total. The van der Waals surface area contributed by atoms with E-state index in [0.29, 0.717) is 0 Å². The molecule has 19 heavy (non-hydrogen) atoms. The smallest absolute Gasteiger partial charge is 0.395 e. The number of carbonyl (C=O) groups is 1. The van der Waals surface area contributed by atoms with Crippen molar-refractivity contribution in [3.05, 3.63) is 0 Å². The maximum absolute atomic E-state index is 12.3. The molecular weight excluding hydrogens is 284 g/mol. The van der Waals surface area contributed by atoms with Gasteiger partial charge in [0, 0.05) is 6.54 Å². The second kappa shape index (κ2) is 6.06. The first-order chi connectivity index (χ1) is 8.35. The molecule has 10 heteroatoms. The number of halogens is 6. The lowest BCUT2D eigenvalue weighted by Gasteiger charge is -2.32. The highest BCUT2D eigenvalue weighted by Gasteiger charge is 2.70. The van der Waals surface area contributed by atoms with Crippen LogP contribution in [0.5, 0.6) is 0 Å². The molecule has 0 aromatic rings. The van der Waals surface area contributed by atoms with Gasteiger partial charge in [0.05, 0.1) is 19.6 Å². The van der Waals surface area contributed by atoms with Crippen LogP contribution in [0.2, 0.25) is 0 Å². The van der Waals surface area contributed by atoms with E-state index in [1.165, 1.54) is 7.05 Å². The van der Waals surface area contributed by atoms with Gasteiger partial charge in [0.15, 0.2) is 0 Å². The molecule has 0 aromatic heterocycles. The number of ketones is 1. The summed E-state index contributed by atoms with van der Waals surface area (Å²) >= 11 is 0. The predicted octanol–water partition coefficient (Wildman–Crippen LogP) is 0.725. The summed E-state index contributed by atoms with van der Waals surface area (Å²) < 4.78 is 73.6. The largest absolute Gasteiger partial charge is 0.426 e. The molecule has 0 unspecified atom stereocenters. The Morgan fingerprint density at radius 2 is 1.53 bits per heavy atom. The quantitative estimate of drug-likeness (QED) is 0.710. The molecule has 0 amide bonds. The fraction of sp³-hybridized carbons (Fsp3) is 0.889. The Morgan fingerprint density at radius 1 is 1.11 bits per heavy atom. The molecule has 0 rings (SSSR count). The second-order valence-corrected chi connectivity index (χ2v) is 4.03. The first-order valence-electron chi connectivity index (χ1n) is 5.02. The SMILES string of the molecule is CN(CCO)CC(=O)CC(O)(C(F)(F)F)C(F)(F)F. The Morgan fingerprint density at radius 3 is 1.84 bits per heavy atom. The number of hydrogen-bond donors (Lipinski definition) is 2. The van der Waals surface area contributed by atoms with Gasteiger partial charge in [-0.15, -0.1) is 0 Å². The monoisotopic (exact) mass is 297 g/mol. The zero-order valence-electron chi connectivity index (χ0n) is 9.85. The van der Waals surface area contributed by atoms with Gasteiger partial charge >= 0.3 is 12.4 Å². The lowest BCUT2D eigenvalue weighted by Crippen LogP contribution is -2.58. The molecule has 0 saturated carbocycles. The van der Waals surface area contributed by atoms with Gasteiger partial charge < -0.3 is 10.2 Å². The van der Waals surface area contributed by atoms with E-state index in [2.05, 4.69) is 0 Å². The van der Waals surface area contributed by atoms with Crippen LogP contribution in [0.15, 0.2) is 0 Å². The molecule has 0 spiro atoms. The van der Waals surface area contributed by atoms with Gasteiger partial charge in [0.25, 0.3) is 5.60 Å². The first-order valence-corrected chi connectivity index (χ1v) is 5.02. The molecule has 0 bridgehead atoms. The highest BCUT2D eigenvalue weighted by atomic mass is 19.4. The van der Waals surface area contributed by atoms with Crippen LogP contribution in [-0.2, 0) is 4.79 Å². The normalized spacial score (nSPS) is 14.0. The predicted molar refractivity (Wildman–Crippen MR) is 51.3 cm³/mol. The summed E-state index contributed by atoms with van der Waals surface area (Å²) in [7, 11) is 1.23. The van der Waals surface area contributed by atoms with Crippen LogP contribution >= 0.6 is 0 Å². The number of hydrogen-bond acceptors (Lipinski definition) is 4.